The molecule has 0 saturated carbocycles. The maximum absolute atomic E-state index is 12.7. The smallest absolute Gasteiger partial charge is 0.748 e. The van der Waals surface area contributed by atoms with Gasteiger partial charge in [0.15, 0.2) is 0 Å². The number of aliphatic imine (C=N–C) groups is 1. The van der Waals surface area contributed by atoms with Gasteiger partial charge in [-0.05, 0) is 12.8 Å². The van der Waals surface area contributed by atoms with E-state index in [0.29, 0.717) is 13.1 Å². The molecule has 0 aromatic heterocycles. The van der Waals surface area contributed by atoms with Crippen molar-refractivity contribution in [1.82, 2.24) is 0 Å². The molecule has 0 spiro atoms. The number of amidine groups is 1. The number of nitrogens with zero attached hydrogens (tertiary/aromatic N) is 2. The average molecular weight is 456 g/mol. The van der Waals surface area contributed by atoms with E-state index in [-0.39, 0.29) is 71.8 Å². The van der Waals surface area contributed by atoms with Gasteiger partial charge in [-0.15, -0.1) is 0 Å². The van der Waals surface area contributed by atoms with E-state index in [1.54, 1.807) is 0 Å². The van der Waals surface area contributed by atoms with Crippen molar-refractivity contribution in [3.8, 4) is 0 Å². The van der Waals surface area contributed by atoms with Crippen LogP contribution in [0, 0.1) is 0 Å². The Morgan fingerprint density at radius 1 is 1.23 bits per heavy atom. The van der Waals surface area contributed by atoms with Crippen molar-refractivity contribution < 1.29 is 62.0 Å². The molecule has 1 heterocycles. The summed E-state index contributed by atoms with van der Waals surface area (Å²) in [6, 6.07) is 0. The van der Waals surface area contributed by atoms with E-state index >= 15 is 0 Å². The molecule has 0 saturated heterocycles. The van der Waals surface area contributed by atoms with Crippen LogP contribution in [0.25, 0.3) is 0 Å². The number of allylic oxidation sites excluding steroid dienone is 2. The summed E-state index contributed by atoms with van der Waals surface area (Å²) < 4.78 is 32.7. The summed E-state index contributed by atoms with van der Waals surface area (Å²) in [6.07, 6.45) is 10.8. The summed E-state index contributed by atoms with van der Waals surface area (Å²) in [4.78, 5) is 16.9. The molecule has 1 aliphatic heterocycles. The van der Waals surface area contributed by atoms with Crippen molar-refractivity contribution in [2.45, 2.75) is 64.4 Å². The molecule has 1 aliphatic rings. The van der Waals surface area contributed by atoms with Crippen LogP contribution in [0.3, 0.4) is 0 Å². The van der Waals surface area contributed by atoms with E-state index in [9.17, 15) is 28.0 Å². The van der Waals surface area contributed by atoms with Crippen LogP contribution in [0.15, 0.2) is 17.1 Å². The van der Waals surface area contributed by atoms with Crippen LogP contribution in [-0.2, 0) is 14.9 Å². The SMILES string of the molecule is CCCCCCCC/C=C/CC(=O)C1=NCC[N+]1(CCO)CC(O)CS(=O)(=O)[O-].[Na+]. The molecule has 10 heteroatoms. The third-order valence-corrected chi connectivity index (χ3v) is 5.96. The van der Waals surface area contributed by atoms with Crippen LogP contribution in [0.4, 0.5) is 0 Å². The summed E-state index contributed by atoms with van der Waals surface area (Å²) in [7, 11) is -4.58. The molecule has 2 atom stereocenters. The van der Waals surface area contributed by atoms with Gasteiger partial charge in [-0.3, -0.25) is 9.28 Å². The zero-order chi connectivity index (χ0) is 21.8. The Bertz CT molecular complexity index is 668. The zero-order valence-electron chi connectivity index (χ0n) is 18.5. The van der Waals surface area contributed by atoms with E-state index in [1.165, 1.54) is 32.1 Å². The van der Waals surface area contributed by atoms with Gasteiger partial charge in [0.05, 0.1) is 29.0 Å². The Hall–Kier alpha value is -0.130. The molecule has 0 aromatic carbocycles. The van der Waals surface area contributed by atoms with Gasteiger partial charge in [-0.25, -0.2) is 13.4 Å². The number of aliphatic hydroxyl groups is 2. The van der Waals surface area contributed by atoms with Gasteiger partial charge in [0.1, 0.15) is 25.7 Å². The summed E-state index contributed by atoms with van der Waals surface area (Å²) in [5.41, 5.74) is 0. The first-order valence-electron chi connectivity index (χ1n) is 10.6. The zero-order valence-corrected chi connectivity index (χ0v) is 21.3. The second kappa shape index (κ2) is 15.6. The first kappa shape index (κ1) is 29.9. The first-order valence-corrected chi connectivity index (χ1v) is 12.1. The van der Waals surface area contributed by atoms with Crippen LogP contribution in [0.1, 0.15) is 58.3 Å². The number of unbranched alkanes of at least 4 members (excludes halogenated alkanes) is 6. The molecular weight excluding hydrogens is 419 g/mol. The molecule has 8 nitrogen and oxygen atoms in total. The summed E-state index contributed by atoms with van der Waals surface area (Å²) in [6.45, 7) is 2.71. The minimum Gasteiger partial charge on any atom is -0.748 e. The molecule has 0 amide bonds. The molecule has 0 aliphatic carbocycles. The van der Waals surface area contributed by atoms with E-state index in [2.05, 4.69) is 11.9 Å². The van der Waals surface area contributed by atoms with Gasteiger partial charge < -0.3 is 14.8 Å². The number of quaternary nitrogens is 1. The number of carbonyl (C=O) groups is 1. The molecule has 0 fully saturated rings. The van der Waals surface area contributed by atoms with E-state index in [0.717, 1.165) is 12.8 Å². The van der Waals surface area contributed by atoms with Crippen LogP contribution in [0.2, 0.25) is 0 Å². The van der Waals surface area contributed by atoms with Gasteiger partial charge in [0, 0.05) is 6.42 Å². The van der Waals surface area contributed by atoms with Crippen LogP contribution >= 0.6 is 0 Å². The van der Waals surface area contributed by atoms with Crippen molar-refractivity contribution in [3.63, 3.8) is 0 Å². The summed E-state index contributed by atoms with van der Waals surface area (Å²) in [5, 5.41) is 19.5. The normalized spacial score (nSPS) is 20.2. The van der Waals surface area contributed by atoms with Crippen molar-refractivity contribution in [1.29, 1.82) is 0 Å². The van der Waals surface area contributed by atoms with Gasteiger partial charge in [-0.1, -0.05) is 51.2 Å². The second-order valence-electron chi connectivity index (χ2n) is 7.74. The molecule has 2 N–H and O–H groups in total. The Morgan fingerprint density at radius 2 is 1.90 bits per heavy atom. The molecule has 168 valence electrons. The Kier molecular flexibility index (Phi) is 15.6. The molecule has 2 unspecified atom stereocenters. The van der Waals surface area contributed by atoms with Gasteiger partial charge in [0.2, 0.25) is 5.78 Å². The number of ketones is 1. The molecule has 1 rings (SSSR count). The van der Waals surface area contributed by atoms with Crippen molar-refractivity contribution >= 4 is 21.7 Å². The summed E-state index contributed by atoms with van der Waals surface area (Å²) >= 11 is 0. The number of aliphatic hydroxyl groups excluding tert-OH is 2. The fraction of sp³-hybridized carbons (Fsp3) is 0.800. The number of carbonyl (C=O) groups excluding carboxylic acids is 1. The maximum atomic E-state index is 12.7. The third kappa shape index (κ3) is 11.5. The van der Waals surface area contributed by atoms with E-state index in [1.807, 2.05) is 12.2 Å². The van der Waals surface area contributed by atoms with Gasteiger partial charge >= 0.3 is 29.6 Å². The van der Waals surface area contributed by atoms with Crippen molar-refractivity contribution in [2.24, 2.45) is 4.99 Å². The minimum absolute atomic E-state index is 0. The van der Waals surface area contributed by atoms with Crippen molar-refractivity contribution in [2.75, 3.05) is 38.5 Å². The third-order valence-electron chi connectivity index (χ3n) is 5.17. The first-order chi connectivity index (χ1) is 13.7. The molecular formula is C20H36N2NaO6S+. The fourth-order valence-electron chi connectivity index (χ4n) is 3.77. The standard InChI is InChI=1S/C20H36N2O6S.Na/c1-2-3-4-5-6-7-8-9-10-11-19(25)20-21-12-13-22(20,14-15-23)16-18(24)17-29(26,27)28;/h9-10,18,23-24H,2-8,11-17H2,1H3;/q;+1/b10-9+;. The van der Waals surface area contributed by atoms with Crippen LogP contribution < -0.4 is 29.6 Å². The average Bonchev–Trinajstić information content (AvgIpc) is 3.01. The fourth-order valence-corrected chi connectivity index (χ4v) is 4.34. The van der Waals surface area contributed by atoms with Crippen LogP contribution in [-0.4, -0.2) is 83.9 Å². The molecule has 0 bridgehead atoms. The maximum Gasteiger partial charge on any atom is 1.00 e. The van der Waals surface area contributed by atoms with Crippen LogP contribution in [0.5, 0.6) is 0 Å². The summed E-state index contributed by atoms with van der Waals surface area (Å²) in [5.74, 6) is -0.879. The monoisotopic (exact) mass is 455 g/mol. The largest absolute Gasteiger partial charge is 1.00 e. The minimum atomic E-state index is -4.58. The second-order valence-corrected chi connectivity index (χ2v) is 9.19. The predicted octanol–water partition coefficient (Wildman–Crippen LogP) is -1.62. The Balaban J connectivity index is 0.00000841. The van der Waals surface area contributed by atoms with Gasteiger partial charge in [0.25, 0.3) is 5.84 Å². The number of hydrogen-bond donors (Lipinski definition) is 2. The van der Waals surface area contributed by atoms with E-state index in [4.69, 9.17) is 0 Å². The molecule has 30 heavy (non-hydrogen) atoms. The molecule has 0 radical (unpaired) electrons. The van der Waals surface area contributed by atoms with Gasteiger partial charge in [-0.2, -0.15) is 0 Å². The topological polar surface area (TPSA) is 127 Å². The Morgan fingerprint density at radius 3 is 2.53 bits per heavy atom. The van der Waals surface area contributed by atoms with E-state index < -0.39 is 22.0 Å². The Labute approximate surface area is 203 Å². The number of Topliss-reactive ketones (excluding diaryl/α,β-unsaturated/α-hetero) is 1. The predicted molar refractivity (Wildman–Crippen MR) is 112 cm³/mol. The molecule has 0 aromatic rings. The number of rotatable bonds is 16. The number of hydrogen-bond acceptors (Lipinski definition) is 7. The quantitative estimate of drug-likeness (QED) is 0.0947. The van der Waals surface area contributed by atoms with Crippen molar-refractivity contribution in [3.05, 3.63) is 12.2 Å².